The Morgan fingerprint density at radius 1 is 0.939 bits per heavy atom. The summed E-state index contributed by atoms with van der Waals surface area (Å²) in [5, 5.41) is 2.79. The van der Waals surface area contributed by atoms with Crippen LogP contribution < -0.4 is 24.3 Å². The molecule has 0 spiro atoms. The lowest BCUT2D eigenvalue weighted by Crippen LogP contribution is -2.23. The molecule has 2 aromatic carbocycles. The summed E-state index contributed by atoms with van der Waals surface area (Å²) in [6, 6.07) is 13.1. The number of carbonyl (C=O) groups is 1. The highest BCUT2D eigenvalue weighted by Gasteiger charge is 2.14. The number of rotatable bonds is 11. The van der Waals surface area contributed by atoms with Gasteiger partial charge in [-0.05, 0) is 60.5 Å². The Bertz CT molecular complexity index is 1060. The zero-order valence-corrected chi connectivity index (χ0v) is 18.2. The van der Waals surface area contributed by atoms with Crippen LogP contribution in [0.1, 0.15) is 28.4 Å². The van der Waals surface area contributed by atoms with E-state index in [1.807, 2.05) is 19.1 Å². The van der Waals surface area contributed by atoms with Crippen molar-refractivity contribution in [1.82, 2.24) is 10.3 Å². The molecule has 3 rings (SSSR count). The number of ether oxygens (including phenoxy) is 4. The number of hydrogen-bond donors (Lipinski definition) is 1. The summed E-state index contributed by atoms with van der Waals surface area (Å²) in [6.07, 6.45) is 3.37. The molecular formula is C24H24F2N2O5. The van der Waals surface area contributed by atoms with Gasteiger partial charge >= 0.3 is 6.61 Å². The van der Waals surface area contributed by atoms with Crippen molar-refractivity contribution in [3.05, 3.63) is 77.6 Å². The summed E-state index contributed by atoms with van der Waals surface area (Å²) >= 11 is 0. The molecule has 0 saturated heterocycles. The lowest BCUT2D eigenvalue weighted by molar-refractivity contribution is -0.0512. The number of pyridine rings is 1. The molecule has 0 aliphatic carbocycles. The molecule has 1 heterocycles. The van der Waals surface area contributed by atoms with E-state index in [0.29, 0.717) is 35.8 Å². The van der Waals surface area contributed by atoms with Gasteiger partial charge in [-0.15, -0.1) is 0 Å². The minimum absolute atomic E-state index is 0.0775. The summed E-state index contributed by atoms with van der Waals surface area (Å²) in [4.78, 5) is 16.6. The standard InChI is InChI=1S/C24H24F2N2O5/c1-3-31-22-13-18(5-7-19(22)32-15-16-8-10-27-11-9-16)23(29)28-14-17-4-6-20(33-24(25)26)21(12-17)30-2/h4-13,24H,3,14-15H2,1-2H3,(H,28,29). The minimum atomic E-state index is -2.96. The summed E-state index contributed by atoms with van der Waals surface area (Å²) in [6.45, 7) is -0.214. The number of halogens is 2. The van der Waals surface area contributed by atoms with Crippen molar-refractivity contribution in [2.24, 2.45) is 0 Å². The van der Waals surface area contributed by atoms with Crippen molar-refractivity contribution in [2.75, 3.05) is 13.7 Å². The predicted molar refractivity (Wildman–Crippen MR) is 117 cm³/mol. The largest absolute Gasteiger partial charge is 0.493 e. The smallest absolute Gasteiger partial charge is 0.387 e. The highest BCUT2D eigenvalue weighted by atomic mass is 19.3. The molecule has 0 saturated carbocycles. The van der Waals surface area contributed by atoms with Crippen LogP contribution in [0.15, 0.2) is 60.9 Å². The van der Waals surface area contributed by atoms with Crippen molar-refractivity contribution in [1.29, 1.82) is 0 Å². The van der Waals surface area contributed by atoms with Gasteiger partial charge in [0.1, 0.15) is 6.61 Å². The van der Waals surface area contributed by atoms with Gasteiger partial charge in [0.2, 0.25) is 0 Å². The molecule has 0 aliphatic heterocycles. The van der Waals surface area contributed by atoms with Crippen LogP contribution in [-0.4, -0.2) is 31.2 Å². The van der Waals surface area contributed by atoms with E-state index in [0.717, 1.165) is 5.56 Å². The topological polar surface area (TPSA) is 78.9 Å². The Labute approximate surface area is 190 Å². The fourth-order valence-electron chi connectivity index (χ4n) is 2.98. The molecule has 7 nitrogen and oxygen atoms in total. The van der Waals surface area contributed by atoms with Crippen LogP contribution in [0.4, 0.5) is 8.78 Å². The van der Waals surface area contributed by atoms with Crippen LogP contribution in [0.25, 0.3) is 0 Å². The van der Waals surface area contributed by atoms with Crippen molar-refractivity contribution in [3.63, 3.8) is 0 Å². The van der Waals surface area contributed by atoms with Gasteiger partial charge in [-0.3, -0.25) is 9.78 Å². The van der Waals surface area contributed by atoms with Crippen molar-refractivity contribution >= 4 is 5.91 Å². The fraction of sp³-hybridized carbons (Fsp3) is 0.250. The van der Waals surface area contributed by atoms with Crippen LogP contribution in [0.2, 0.25) is 0 Å². The molecule has 0 bridgehead atoms. The molecular weight excluding hydrogens is 434 g/mol. The maximum atomic E-state index is 12.7. The van der Waals surface area contributed by atoms with Crippen LogP contribution in [-0.2, 0) is 13.2 Å². The molecule has 174 valence electrons. The van der Waals surface area contributed by atoms with Crippen LogP contribution >= 0.6 is 0 Å². The number of hydrogen-bond acceptors (Lipinski definition) is 6. The van der Waals surface area contributed by atoms with Gasteiger partial charge < -0.3 is 24.3 Å². The second-order valence-corrected chi connectivity index (χ2v) is 6.79. The molecule has 1 amide bonds. The van der Waals surface area contributed by atoms with Gasteiger partial charge in [0.15, 0.2) is 23.0 Å². The van der Waals surface area contributed by atoms with E-state index < -0.39 is 6.61 Å². The van der Waals surface area contributed by atoms with Crippen LogP contribution in [0.3, 0.4) is 0 Å². The lowest BCUT2D eigenvalue weighted by atomic mass is 10.1. The summed E-state index contributed by atoms with van der Waals surface area (Å²) in [5.41, 5.74) is 2.00. The zero-order chi connectivity index (χ0) is 23.6. The summed E-state index contributed by atoms with van der Waals surface area (Å²) < 4.78 is 45.9. The van der Waals surface area contributed by atoms with Crippen molar-refractivity contribution < 1.29 is 32.5 Å². The molecule has 1 N–H and O–H groups in total. The molecule has 0 unspecified atom stereocenters. The molecule has 33 heavy (non-hydrogen) atoms. The van der Waals surface area contributed by atoms with Gasteiger partial charge in [-0.25, -0.2) is 0 Å². The van der Waals surface area contributed by atoms with Gasteiger partial charge in [-0.1, -0.05) is 6.07 Å². The molecule has 0 aliphatic rings. The Morgan fingerprint density at radius 3 is 2.39 bits per heavy atom. The predicted octanol–water partition coefficient (Wildman–Crippen LogP) is 4.60. The molecule has 9 heteroatoms. The number of nitrogens with one attached hydrogen (secondary N) is 1. The fourth-order valence-corrected chi connectivity index (χ4v) is 2.98. The van der Waals surface area contributed by atoms with Gasteiger partial charge in [0.05, 0.1) is 13.7 Å². The number of benzene rings is 2. The van der Waals surface area contributed by atoms with E-state index in [-0.39, 0.29) is 24.0 Å². The Balaban J connectivity index is 1.66. The van der Waals surface area contributed by atoms with Gasteiger partial charge in [0.25, 0.3) is 5.91 Å². The molecule has 0 radical (unpaired) electrons. The first-order chi connectivity index (χ1) is 16.0. The van der Waals surface area contributed by atoms with E-state index in [9.17, 15) is 13.6 Å². The third-order valence-electron chi connectivity index (χ3n) is 4.55. The number of amides is 1. The van der Waals surface area contributed by atoms with Crippen molar-refractivity contribution in [3.8, 4) is 23.0 Å². The Morgan fingerprint density at radius 2 is 1.70 bits per heavy atom. The molecule has 0 atom stereocenters. The van der Waals surface area contributed by atoms with E-state index in [1.165, 1.54) is 19.2 Å². The minimum Gasteiger partial charge on any atom is -0.493 e. The van der Waals surface area contributed by atoms with Crippen molar-refractivity contribution in [2.45, 2.75) is 26.7 Å². The highest BCUT2D eigenvalue weighted by molar-refractivity contribution is 5.94. The third-order valence-corrected chi connectivity index (χ3v) is 4.55. The third kappa shape index (κ3) is 6.80. The summed E-state index contributed by atoms with van der Waals surface area (Å²) in [7, 11) is 1.35. The SMILES string of the molecule is CCOc1cc(C(=O)NCc2ccc(OC(F)F)c(OC)c2)ccc1OCc1ccncc1. The second-order valence-electron chi connectivity index (χ2n) is 6.79. The number of carbonyl (C=O) groups excluding carboxylic acids is 1. The first-order valence-electron chi connectivity index (χ1n) is 10.2. The monoisotopic (exact) mass is 458 g/mol. The molecule has 0 fully saturated rings. The first-order valence-corrected chi connectivity index (χ1v) is 10.2. The van der Waals surface area contributed by atoms with Gasteiger partial charge in [0, 0.05) is 24.5 Å². The average molecular weight is 458 g/mol. The average Bonchev–Trinajstić information content (AvgIpc) is 2.82. The van der Waals surface area contributed by atoms with E-state index >= 15 is 0 Å². The molecule has 3 aromatic rings. The first kappa shape index (κ1) is 23.8. The number of alkyl halides is 2. The van der Waals surface area contributed by atoms with Crippen LogP contribution in [0.5, 0.6) is 23.0 Å². The number of methoxy groups -OCH3 is 1. The molecule has 1 aromatic heterocycles. The quantitative estimate of drug-likeness (QED) is 0.453. The normalized spacial score (nSPS) is 10.6. The highest BCUT2D eigenvalue weighted by Crippen LogP contribution is 2.30. The van der Waals surface area contributed by atoms with Crippen LogP contribution in [0, 0.1) is 0 Å². The number of nitrogens with zero attached hydrogens (tertiary/aromatic N) is 1. The second kappa shape index (κ2) is 11.7. The van der Waals surface area contributed by atoms with E-state index in [1.54, 1.807) is 36.7 Å². The summed E-state index contributed by atoms with van der Waals surface area (Å²) in [5.74, 6) is 0.713. The lowest BCUT2D eigenvalue weighted by Gasteiger charge is -2.14. The zero-order valence-electron chi connectivity index (χ0n) is 18.2. The van der Waals surface area contributed by atoms with E-state index in [4.69, 9.17) is 14.2 Å². The maximum Gasteiger partial charge on any atom is 0.387 e. The Kier molecular flexibility index (Phi) is 8.40. The Hall–Kier alpha value is -3.88. The van der Waals surface area contributed by atoms with E-state index in [2.05, 4.69) is 15.0 Å². The number of aromatic nitrogens is 1. The maximum absolute atomic E-state index is 12.7. The van der Waals surface area contributed by atoms with Gasteiger partial charge in [-0.2, -0.15) is 8.78 Å².